The number of ether oxygens (including phenoxy) is 1. The Morgan fingerprint density at radius 1 is 1.38 bits per heavy atom. The van der Waals surface area contributed by atoms with E-state index in [1.807, 2.05) is 25.7 Å². The fraction of sp³-hybridized carbons (Fsp3) is 0.471. The molecule has 0 saturated carbocycles. The average Bonchev–Trinajstić information content (AvgIpc) is 2.92. The van der Waals surface area contributed by atoms with E-state index in [-0.39, 0.29) is 11.9 Å². The van der Waals surface area contributed by atoms with Gasteiger partial charge >= 0.3 is 6.09 Å². The second-order valence-electron chi connectivity index (χ2n) is 6.94. The Kier molecular flexibility index (Phi) is 4.26. The maximum atomic E-state index is 13.6. The van der Waals surface area contributed by atoms with Crippen molar-refractivity contribution < 1.29 is 13.9 Å². The number of aromatic nitrogens is 2. The summed E-state index contributed by atoms with van der Waals surface area (Å²) in [6, 6.07) is 4.44. The number of carbonyl (C=O) groups excluding carboxylic acids is 1. The molecular weight excluding hydrogens is 311 g/mol. The van der Waals surface area contributed by atoms with Gasteiger partial charge in [0.15, 0.2) is 0 Å². The normalized spacial score (nSPS) is 18.0. The predicted octanol–water partition coefficient (Wildman–Crippen LogP) is 2.87. The molecular formula is C17H21FN4O2. The minimum absolute atomic E-state index is 0.0292. The number of hydrogen-bond donors (Lipinski definition) is 1. The lowest BCUT2D eigenvalue weighted by atomic mass is 10.2. The first-order chi connectivity index (χ1) is 11.3. The highest BCUT2D eigenvalue weighted by molar-refractivity contribution is 5.89. The molecule has 7 heteroatoms. The van der Waals surface area contributed by atoms with E-state index < -0.39 is 11.7 Å². The summed E-state index contributed by atoms with van der Waals surface area (Å²) in [4.78, 5) is 22.4. The summed E-state index contributed by atoms with van der Waals surface area (Å²) in [5, 5.41) is 3.55. The van der Waals surface area contributed by atoms with Gasteiger partial charge in [0.25, 0.3) is 0 Å². The zero-order valence-electron chi connectivity index (χ0n) is 14.0. The van der Waals surface area contributed by atoms with Gasteiger partial charge < -0.3 is 15.0 Å². The number of nitrogens with one attached hydrogen (secondary N) is 1. The van der Waals surface area contributed by atoms with Crippen LogP contribution in [0.2, 0.25) is 0 Å². The largest absolute Gasteiger partial charge is 0.444 e. The first kappa shape index (κ1) is 16.4. The molecule has 1 N–H and O–H groups in total. The van der Waals surface area contributed by atoms with E-state index in [1.54, 1.807) is 6.07 Å². The van der Waals surface area contributed by atoms with Crippen molar-refractivity contribution in [2.24, 2.45) is 0 Å². The minimum Gasteiger partial charge on any atom is -0.444 e. The van der Waals surface area contributed by atoms with Crippen molar-refractivity contribution in [1.82, 2.24) is 15.3 Å². The number of carbonyl (C=O) groups is 1. The summed E-state index contributed by atoms with van der Waals surface area (Å²) in [5.41, 5.74) is 0.174. The molecule has 128 valence electrons. The number of fused-ring (bicyclic) bond motifs is 1. The molecule has 0 aliphatic carbocycles. The molecule has 2 aromatic rings. The SMILES string of the molecule is CC(C)(C)OC(=O)N[C@H]1CCN(c2ncnc3ccc(F)cc23)C1. The molecule has 0 unspecified atom stereocenters. The van der Waals surface area contributed by atoms with Crippen molar-refractivity contribution in [3.8, 4) is 0 Å². The van der Waals surface area contributed by atoms with Crippen molar-refractivity contribution in [3.63, 3.8) is 0 Å². The van der Waals surface area contributed by atoms with E-state index in [2.05, 4.69) is 15.3 Å². The smallest absolute Gasteiger partial charge is 0.407 e. The zero-order valence-corrected chi connectivity index (χ0v) is 14.0. The van der Waals surface area contributed by atoms with Crippen LogP contribution in [0.5, 0.6) is 0 Å². The highest BCUT2D eigenvalue weighted by Crippen LogP contribution is 2.26. The Hall–Kier alpha value is -2.44. The van der Waals surface area contributed by atoms with Crippen LogP contribution < -0.4 is 10.2 Å². The molecule has 1 atom stereocenters. The van der Waals surface area contributed by atoms with Crippen molar-refractivity contribution in [3.05, 3.63) is 30.3 Å². The molecule has 1 aliphatic heterocycles. The summed E-state index contributed by atoms with van der Waals surface area (Å²) in [5.74, 6) is 0.370. The lowest BCUT2D eigenvalue weighted by Crippen LogP contribution is -2.40. The predicted molar refractivity (Wildman–Crippen MR) is 89.5 cm³/mol. The highest BCUT2D eigenvalue weighted by atomic mass is 19.1. The van der Waals surface area contributed by atoms with Crippen LogP contribution in [-0.2, 0) is 4.74 Å². The number of halogens is 1. The quantitative estimate of drug-likeness (QED) is 0.916. The first-order valence-corrected chi connectivity index (χ1v) is 7.96. The van der Waals surface area contributed by atoms with E-state index in [4.69, 9.17) is 4.74 Å². The molecule has 6 nitrogen and oxygen atoms in total. The molecule has 24 heavy (non-hydrogen) atoms. The van der Waals surface area contributed by atoms with E-state index in [9.17, 15) is 9.18 Å². The van der Waals surface area contributed by atoms with Gasteiger partial charge in [0.2, 0.25) is 0 Å². The van der Waals surface area contributed by atoms with Crippen LogP contribution in [0, 0.1) is 5.82 Å². The standard InChI is InChI=1S/C17H21FN4O2/c1-17(2,3)24-16(23)21-12-6-7-22(9-12)15-13-8-11(18)4-5-14(13)19-10-20-15/h4-5,8,10,12H,6-7,9H2,1-3H3,(H,21,23)/t12-/m0/s1. The van der Waals surface area contributed by atoms with Gasteiger partial charge in [-0.2, -0.15) is 0 Å². The summed E-state index contributed by atoms with van der Waals surface area (Å²) in [6.07, 6.45) is 1.83. The Morgan fingerprint density at radius 2 is 2.17 bits per heavy atom. The van der Waals surface area contributed by atoms with Crippen LogP contribution in [0.25, 0.3) is 10.9 Å². The molecule has 2 heterocycles. The lowest BCUT2D eigenvalue weighted by Gasteiger charge is -2.22. The maximum absolute atomic E-state index is 13.6. The Bertz CT molecular complexity index is 760. The van der Waals surface area contributed by atoms with Crippen molar-refractivity contribution in [2.45, 2.75) is 38.8 Å². The minimum atomic E-state index is -0.525. The van der Waals surface area contributed by atoms with Gasteiger partial charge in [0.05, 0.1) is 11.6 Å². The molecule has 3 rings (SSSR count). The summed E-state index contributed by atoms with van der Waals surface area (Å²) < 4.78 is 18.8. The third-order valence-corrected chi connectivity index (χ3v) is 3.78. The second-order valence-corrected chi connectivity index (χ2v) is 6.94. The fourth-order valence-corrected chi connectivity index (χ4v) is 2.81. The average molecular weight is 332 g/mol. The van der Waals surface area contributed by atoms with Crippen LogP contribution in [0.1, 0.15) is 27.2 Å². The molecule has 0 bridgehead atoms. The van der Waals surface area contributed by atoms with Gasteiger partial charge in [0, 0.05) is 18.5 Å². The number of anilines is 1. The zero-order chi connectivity index (χ0) is 17.3. The van der Waals surface area contributed by atoms with Gasteiger partial charge in [0.1, 0.15) is 23.6 Å². The first-order valence-electron chi connectivity index (χ1n) is 7.96. The molecule has 1 amide bonds. The highest BCUT2D eigenvalue weighted by Gasteiger charge is 2.27. The number of amides is 1. The number of benzene rings is 1. The van der Waals surface area contributed by atoms with Gasteiger partial charge in [-0.3, -0.25) is 0 Å². The number of rotatable bonds is 2. The summed E-state index contributed by atoms with van der Waals surface area (Å²) in [6.45, 7) is 6.81. The van der Waals surface area contributed by atoms with E-state index in [1.165, 1.54) is 18.5 Å². The van der Waals surface area contributed by atoms with Crippen LogP contribution >= 0.6 is 0 Å². The molecule has 1 aliphatic rings. The van der Waals surface area contributed by atoms with Crippen LogP contribution in [0.3, 0.4) is 0 Å². The summed E-state index contributed by atoms with van der Waals surface area (Å²) >= 11 is 0. The number of nitrogens with zero attached hydrogens (tertiary/aromatic N) is 3. The van der Waals surface area contributed by atoms with Gasteiger partial charge in [-0.1, -0.05) is 0 Å². The number of hydrogen-bond acceptors (Lipinski definition) is 5. The number of alkyl carbamates (subject to hydrolysis) is 1. The molecule has 1 aromatic heterocycles. The van der Waals surface area contributed by atoms with Gasteiger partial charge in [-0.15, -0.1) is 0 Å². The Balaban J connectivity index is 1.72. The van der Waals surface area contributed by atoms with Crippen LogP contribution in [0.4, 0.5) is 15.0 Å². The van der Waals surface area contributed by atoms with Gasteiger partial charge in [-0.05, 0) is 45.4 Å². The molecule has 0 spiro atoms. The third kappa shape index (κ3) is 3.72. The topological polar surface area (TPSA) is 67.3 Å². The van der Waals surface area contributed by atoms with Crippen molar-refractivity contribution in [1.29, 1.82) is 0 Å². The lowest BCUT2D eigenvalue weighted by molar-refractivity contribution is 0.0509. The molecule has 0 radical (unpaired) electrons. The second kappa shape index (κ2) is 6.22. The summed E-state index contributed by atoms with van der Waals surface area (Å²) in [7, 11) is 0. The van der Waals surface area contributed by atoms with E-state index in [0.717, 1.165) is 13.0 Å². The third-order valence-electron chi connectivity index (χ3n) is 3.78. The van der Waals surface area contributed by atoms with Crippen molar-refractivity contribution in [2.75, 3.05) is 18.0 Å². The van der Waals surface area contributed by atoms with E-state index in [0.29, 0.717) is 23.3 Å². The van der Waals surface area contributed by atoms with Gasteiger partial charge in [-0.25, -0.2) is 19.2 Å². The molecule has 1 fully saturated rings. The van der Waals surface area contributed by atoms with Crippen LogP contribution in [0.15, 0.2) is 24.5 Å². The molecule has 1 aromatic carbocycles. The Morgan fingerprint density at radius 3 is 2.92 bits per heavy atom. The van der Waals surface area contributed by atoms with E-state index >= 15 is 0 Å². The fourth-order valence-electron chi connectivity index (χ4n) is 2.81. The maximum Gasteiger partial charge on any atom is 0.407 e. The van der Waals surface area contributed by atoms with Crippen molar-refractivity contribution >= 4 is 22.8 Å². The van der Waals surface area contributed by atoms with Crippen LogP contribution in [-0.4, -0.2) is 40.8 Å². The molecule has 1 saturated heterocycles. The monoisotopic (exact) mass is 332 g/mol. The Labute approximate surface area is 140 Å².